The Balaban J connectivity index is 0.751. The van der Waals surface area contributed by atoms with E-state index in [0.29, 0.717) is 46.5 Å². The number of pyridine rings is 2. The summed E-state index contributed by atoms with van der Waals surface area (Å²) in [6.45, 7) is -0.382. The van der Waals surface area contributed by atoms with E-state index in [0.717, 1.165) is 58.0 Å². The van der Waals surface area contributed by atoms with Crippen LogP contribution in [-0.4, -0.2) is 120 Å². The predicted molar refractivity (Wildman–Crippen MR) is 253 cm³/mol. The van der Waals surface area contributed by atoms with Gasteiger partial charge in [-0.3, -0.25) is 29.1 Å². The Kier molecular flexibility index (Phi) is 15.0. The monoisotopic (exact) mass is 969 g/mol. The number of nitrogens with zero attached hydrogens (tertiary/aromatic N) is 6. The molecule has 0 aliphatic carbocycles. The fourth-order valence-corrected chi connectivity index (χ4v) is 8.58. The summed E-state index contributed by atoms with van der Waals surface area (Å²) < 4.78 is 67.4. The third-order valence-electron chi connectivity index (χ3n) is 12.1. The lowest BCUT2D eigenvalue weighted by atomic mass is 10.0. The van der Waals surface area contributed by atoms with Crippen molar-refractivity contribution in [1.29, 1.82) is 10.5 Å². The molecular formula is C52H47F4N9O6. The molecule has 4 heterocycles. The first-order valence-corrected chi connectivity index (χ1v) is 22.9. The molecule has 2 saturated heterocycles. The fourth-order valence-electron chi connectivity index (χ4n) is 8.58. The average Bonchev–Trinajstić information content (AvgIpc) is 3.89. The molecule has 0 spiro atoms. The molecule has 4 amide bonds. The van der Waals surface area contributed by atoms with Gasteiger partial charge in [-0.25, -0.2) is 17.6 Å². The highest BCUT2D eigenvalue weighted by Gasteiger charge is 2.48. The van der Waals surface area contributed by atoms with Gasteiger partial charge in [0, 0.05) is 36.0 Å². The van der Waals surface area contributed by atoms with Gasteiger partial charge in [-0.2, -0.15) is 10.5 Å². The molecule has 3 N–H and O–H groups in total. The van der Waals surface area contributed by atoms with Crippen molar-refractivity contribution in [2.75, 3.05) is 52.5 Å². The van der Waals surface area contributed by atoms with Gasteiger partial charge in [-0.15, -0.1) is 0 Å². The summed E-state index contributed by atoms with van der Waals surface area (Å²) >= 11 is 0. The first-order chi connectivity index (χ1) is 34.2. The zero-order valence-corrected chi connectivity index (χ0v) is 38.2. The molecule has 2 aliphatic heterocycles. The fraction of sp³-hybridized carbons (Fsp3) is 0.308. The lowest BCUT2D eigenvalue weighted by Gasteiger charge is -2.19. The molecule has 6 aromatic rings. The average molecular weight is 970 g/mol. The predicted octanol–water partition coefficient (Wildman–Crippen LogP) is 6.92. The number of halogens is 4. The number of rotatable bonds is 18. The zero-order valence-electron chi connectivity index (χ0n) is 38.2. The number of hydrogen-bond acceptors (Lipinski definition) is 11. The molecule has 15 nitrogen and oxygen atoms in total. The van der Waals surface area contributed by atoms with Gasteiger partial charge in [-0.05, 0) is 96.7 Å². The van der Waals surface area contributed by atoms with Crippen molar-refractivity contribution in [1.82, 2.24) is 35.7 Å². The van der Waals surface area contributed by atoms with Gasteiger partial charge in [0.15, 0.2) is 0 Å². The van der Waals surface area contributed by atoms with E-state index >= 15 is 0 Å². The van der Waals surface area contributed by atoms with Crippen LogP contribution < -0.4 is 25.4 Å². The third-order valence-corrected chi connectivity index (χ3v) is 12.1. The molecule has 71 heavy (non-hydrogen) atoms. The second-order valence-electron chi connectivity index (χ2n) is 17.2. The maximum Gasteiger partial charge on any atom is 0.268 e. The standard InChI is InChI=1S/C52H47F4N9O6/c53-51(54)25-37(27-57)64(31-51)47(66)29-62-49(68)43-13-17-60-45-23-35(9-11-41(43)45)33-5-1-7-39(21-33)70-19-3-15-59-16-4-20-71-40-8-2-6-34(22-40)36-10-12-42-44(14-18-61-46(42)24-36)50(69)63-30-48(67)65-32-52(55,56)26-38(65)28-58/h1-2,5-14,17-18,21-24,37-38,59H,3-4,15-16,19-20,25-26,29-32H2,(H,62,68)(H,63,69)/t37-,38-/m0/s1. The molecule has 8 rings (SSSR count). The van der Waals surface area contributed by atoms with E-state index < -0.39 is 86.6 Å². The van der Waals surface area contributed by atoms with Gasteiger partial charge in [0.2, 0.25) is 11.8 Å². The molecule has 0 unspecified atom stereocenters. The quantitative estimate of drug-likeness (QED) is 0.0596. The number of nitriles is 2. The van der Waals surface area contributed by atoms with Crippen LogP contribution in [0.25, 0.3) is 44.1 Å². The minimum Gasteiger partial charge on any atom is -0.494 e. The number of ether oxygens (including phenoxy) is 2. The van der Waals surface area contributed by atoms with Crippen LogP contribution in [0.5, 0.6) is 11.5 Å². The molecule has 2 aromatic heterocycles. The van der Waals surface area contributed by atoms with Crippen LogP contribution in [0.15, 0.2) is 109 Å². The van der Waals surface area contributed by atoms with E-state index in [1.54, 1.807) is 24.3 Å². The van der Waals surface area contributed by atoms with Gasteiger partial charge in [0.05, 0.1) is 73.7 Å². The van der Waals surface area contributed by atoms with Gasteiger partial charge >= 0.3 is 0 Å². The second kappa shape index (κ2) is 21.6. The molecule has 0 radical (unpaired) electrons. The number of fused-ring (bicyclic) bond motifs is 2. The SMILES string of the molecule is N#C[C@@H]1CC(F)(F)CN1C(=O)CNC(=O)c1ccnc2cc(-c3cccc(OCCCNCCCOc4cccc(-c5ccc6c(C(=O)NCC(=O)N7CC(F)(F)C[C@H]7C#N)ccnc6c5)c4)c3)ccc12. The second-order valence-corrected chi connectivity index (χ2v) is 17.2. The smallest absolute Gasteiger partial charge is 0.268 e. The third kappa shape index (κ3) is 12.0. The van der Waals surface area contributed by atoms with E-state index in [1.165, 1.54) is 24.5 Å². The Morgan fingerprint density at radius 2 is 1.03 bits per heavy atom. The molecule has 2 fully saturated rings. The van der Waals surface area contributed by atoms with Crippen LogP contribution >= 0.6 is 0 Å². The number of hydrogen-bond donors (Lipinski definition) is 3. The van der Waals surface area contributed by atoms with Crippen molar-refractivity contribution >= 4 is 45.4 Å². The van der Waals surface area contributed by atoms with Crippen molar-refractivity contribution < 1.29 is 46.2 Å². The highest BCUT2D eigenvalue weighted by molar-refractivity contribution is 6.08. The normalized spacial score (nSPS) is 16.8. The first-order valence-electron chi connectivity index (χ1n) is 22.9. The van der Waals surface area contributed by atoms with Crippen molar-refractivity contribution in [3.05, 3.63) is 121 Å². The summed E-state index contributed by atoms with van der Waals surface area (Å²) in [5, 5.41) is 27.9. The topological polar surface area (TPSA) is 203 Å². The van der Waals surface area contributed by atoms with Gasteiger partial charge in [0.1, 0.15) is 23.6 Å². The summed E-state index contributed by atoms with van der Waals surface area (Å²) in [5.74, 6) is -7.61. The lowest BCUT2D eigenvalue weighted by molar-refractivity contribution is -0.132. The number of likely N-dealkylation sites (tertiary alicyclic amines) is 2. The van der Waals surface area contributed by atoms with E-state index in [4.69, 9.17) is 9.47 Å². The van der Waals surface area contributed by atoms with Gasteiger partial charge in [-0.1, -0.05) is 48.5 Å². The van der Waals surface area contributed by atoms with Crippen molar-refractivity contribution in [2.45, 2.75) is 49.6 Å². The van der Waals surface area contributed by atoms with Crippen molar-refractivity contribution in [3.63, 3.8) is 0 Å². The number of benzene rings is 4. The lowest BCUT2D eigenvalue weighted by Crippen LogP contribution is -2.43. The maximum atomic E-state index is 13.8. The number of alkyl halides is 4. The molecule has 4 aromatic carbocycles. The zero-order chi connectivity index (χ0) is 50.1. The number of nitrogens with one attached hydrogen (secondary N) is 3. The van der Waals surface area contributed by atoms with Crippen LogP contribution in [0.1, 0.15) is 46.4 Å². The molecule has 2 atom stereocenters. The highest BCUT2D eigenvalue weighted by Crippen LogP contribution is 2.34. The van der Waals surface area contributed by atoms with Gasteiger partial charge in [0.25, 0.3) is 23.7 Å². The maximum absolute atomic E-state index is 13.8. The Morgan fingerprint density at radius 3 is 1.45 bits per heavy atom. The molecular weight excluding hydrogens is 923 g/mol. The summed E-state index contributed by atoms with van der Waals surface area (Å²) in [5.41, 5.74) is 5.02. The molecule has 0 bridgehead atoms. The summed E-state index contributed by atoms with van der Waals surface area (Å²) in [6.07, 6.45) is 3.00. The number of amides is 4. The van der Waals surface area contributed by atoms with Crippen molar-refractivity contribution in [3.8, 4) is 45.9 Å². The van der Waals surface area contributed by atoms with Crippen molar-refractivity contribution in [2.24, 2.45) is 0 Å². The van der Waals surface area contributed by atoms with Crippen LogP contribution in [0.3, 0.4) is 0 Å². The Bertz CT molecular complexity index is 2870. The Hall–Kier alpha value is -8.16. The molecule has 2 aliphatic rings. The van der Waals surface area contributed by atoms with Gasteiger partial charge < -0.3 is 35.2 Å². The number of carbonyl (C=O) groups excluding carboxylic acids is 4. The summed E-state index contributed by atoms with van der Waals surface area (Å²) in [6, 6.07) is 30.1. The van der Waals surface area contributed by atoms with Crippen LogP contribution in [-0.2, 0) is 9.59 Å². The van der Waals surface area contributed by atoms with Crippen LogP contribution in [0, 0.1) is 22.7 Å². The molecule has 0 saturated carbocycles. The van der Waals surface area contributed by atoms with E-state index in [1.807, 2.05) is 72.8 Å². The Labute approximate surface area is 405 Å². The summed E-state index contributed by atoms with van der Waals surface area (Å²) in [4.78, 5) is 61.9. The number of carbonyl (C=O) groups is 4. The highest BCUT2D eigenvalue weighted by atomic mass is 19.3. The molecule has 364 valence electrons. The first kappa shape index (κ1) is 49.3. The number of aromatic nitrogens is 2. The summed E-state index contributed by atoms with van der Waals surface area (Å²) in [7, 11) is 0. The Morgan fingerprint density at radius 1 is 0.606 bits per heavy atom. The van der Waals surface area contributed by atoms with E-state index in [2.05, 4.69) is 25.9 Å². The largest absolute Gasteiger partial charge is 0.494 e. The van der Waals surface area contributed by atoms with E-state index in [-0.39, 0.29) is 11.1 Å². The minimum atomic E-state index is -3.16. The molecule has 19 heteroatoms. The minimum absolute atomic E-state index is 0.259. The van der Waals surface area contributed by atoms with E-state index in [9.17, 15) is 47.3 Å². The van der Waals surface area contributed by atoms with Crippen LogP contribution in [0.2, 0.25) is 0 Å². The van der Waals surface area contributed by atoms with Crippen LogP contribution in [0.4, 0.5) is 17.6 Å².